The molecule has 0 radical (unpaired) electrons. The number of aliphatic hydroxyl groups is 1. The lowest BCUT2D eigenvalue weighted by atomic mass is 9.98. The second-order valence-electron chi connectivity index (χ2n) is 5.80. The van der Waals surface area contributed by atoms with Crippen molar-refractivity contribution < 1.29 is 14.4 Å². The third-order valence-corrected chi connectivity index (χ3v) is 4.21. The van der Waals surface area contributed by atoms with E-state index in [2.05, 4.69) is 10.1 Å². The fourth-order valence-electron chi connectivity index (χ4n) is 2.83. The minimum absolute atomic E-state index is 0.0637. The summed E-state index contributed by atoms with van der Waals surface area (Å²) < 4.78 is 5.16. The zero-order valence-corrected chi connectivity index (χ0v) is 13.1. The zero-order valence-electron chi connectivity index (χ0n) is 13.1. The molecule has 1 N–H and O–H groups in total. The van der Waals surface area contributed by atoms with E-state index >= 15 is 0 Å². The van der Waals surface area contributed by atoms with Crippen LogP contribution in [-0.2, 0) is 11.2 Å². The van der Waals surface area contributed by atoms with Gasteiger partial charge in [-0.25, -0.2) is 0 Å². The molecule has 1 aromatic heterocycles. The third-order valence-electron chi connectivity index (χ3n) is 4.21. The summed E-state index contributed by atoms with van der Waals surface area (Å²) in [4.78, 5) is 16.6. The number of β-amino-alcohol motifs (C(OH)–C–C–N with tert-alkyl or cyclic N) is 1. The average molecular weight is 295 g/mol. The molecule has 2 heterocycles. The molecule has 2 rings (SSSR count). The first-order valence-electron chi connectivity index (χ1n) is 7.56. The molecule has 1 aliphatic rings. The Kier molecular flexibility index (Phi) is 5.36. The summed E-state index contributed by atoms with van der Waals surface area (Å²) >= 11 is 0. The van der Waals surface area contributed by atoms with Crippen LogP contribution in [0.5, 0.6) is 0 Å². The molecule has 6 nitrogen and oxygen atoms in total. The molecular formula is C15H25N3O3. The van der Waals surface area contributed by atoms with Crippen molar-refractivity contribution in [3.63, 3.8) is 0 Å². The number of aryl methyl sites for hydroxylation is 2. The van der Waals surface area contributed by atoms with E-state index in [-0.39, 0.29) is 18.4 Å². The van der Waals surface area contributed by atoms with E-state index in [9.17, 15) is 4.79 Å². The van der Waals surface area contributed by atoms with Gasteiger partial charge >= 0.3 is 0 Å². The molecule has 0 saturated carbocycles. The van der Waals surface area contributed by atoms with E-state index < -0.39 is 0 Å². The first kappa shape index (κ1) is 16.0. The molecule has 0 spiro atoms. The van der Waals surface area contributed by atoms with Gasteiger partial charge in [0.1, 0.15) is 5.76 Å². The predicted octanol–water partition coefficient (Wildman–Crippen LogP) is 0.607. The Hall–Kier alpha value is -1.40. The quantitative estimate of drug-likeness (QED) is 0.862. The Bertz CT molecular complexity index is 459. The molecule has 0 aliphatic carbocycles. The van der Waals surface area contributed by atoms with Gasteiger partial charge in [-0.15, -0.1) is 0 Å². The standard InChI is InChI=1S/C15H25N3O3/c1-11(10-14-12(2)16-21-13(14)3)15(20)18-6-4-17(5-7-18)8-9-19/h11,19H,4-10H2,1-3H3. The van der Waals surface area contributed by atoms with Gasteiger partial charge < -0.3 is 14.5 Å². The summed E-state index contributed by atoms with van der Waals surface area (Å²) in [5.74, 6) is 0.935. The van der Waals surface area contributed by atoms with Crippen molar-refractivity contribution in [2.75, 3.05) is 39.3 Å². The molecule has 118 valence electrons. The van der Waals surface area contributed by atoms with Gasteiger partial charge in [0, 0.05) is 44.2 Å². The molecule has 1 fully saturated rings. The Morgan fingerprint density at radius 3 is 2.52 bits per heavy atom. The number of rotatable bonds is 5. The third kappa shape index (κ3) is 3.83. The average Bonchev–Trinajstić information content (AvgIpc) is 2.79. The van der Waals surface area contributed by atoms with Crippen molar-refractivity contribution in [2.45, 2.75) is 27.2 Å². The van der Waals surface area contributed by atoms with Gasteiger partial charge in [0.2, 0.25) is 5.91 Å². The molecule has 1 unspecified atom stereocenters. The van der Waals surface area contributed by atoms with Crippen LogP contribution in [0.25, 0.3) is 0 Å². The molecule has 21 heavy (non-hydrogen) atoms. The number of aliphatic hydroxyl groups excluding tert-OH is 1. The Labute approximate surface area is 125 Å². The highest BCUT2D eigenvalue weighted by Gasteiger charge is 2.26. The Morgan fingerprint density at radius 1 is 1.33 bits per heavy atom. The van der Waals surface area contributed by atoms with Crippen molar-refractivity contribution in [1.82, 2.24) is 15.0 Å². The Morgan fingerprint density at radius 2 is 2.00 bits per heavy atom. The molecule has 1 aromatic rings. The molecule has 6 heteroatoms. The van der Waals surface area contributed by atoms with Crippen molar-refractivity contribution in [3.05, 3.63) is 17.0 Å². The number of nitrogens with zero attached hydrogens (tertiary/aromatic N) is 3. The fourth-order valence-corrected chi connectivity index (χ4v) is 2.83. The van der Waals surface area contributed by atoms with Crippen LogP contribution >= 0.6 is 0 Å². The minimum Gasteiger partial charge on any atom is -0.395 e. The first-order valence-corrected chi connectivity index (χ1v) is 7.56. The van der Waals surface area contributed by atoms with E-state index in [1.54, 1.807) is 0 Å². The van der Waals surface area contributed by atoms with E-state index in [4.69, 9.17) is 9.63 Å². The van der Waals surface area contributed by atoms with Crippen molar-refractivity contribution in [2.24, 2.45) is 5.92 Å². The monoisotopic (exact) mass is 295 g/mol. The number of hydrogen-bond donors (Lipinski definition) is 1. The summed E-state index contributed by atoms with van der Waals surface area (Å²) in [5.41, 5.74) is 1.93. The van der Waals surface area contributed by atoms with Crippen LogP contribution in [0, 0.1) is 19.8 Å². The highest BCUT2D eigenvalue weighted by molar-refractivity contribution is 5.79. The normalized spacial score (nSPS) is 18.0. The maximum Gasteiger partial charge on any atom is 0.225 e. The van der Waals surface area contributed by atoms with E-state index in [1.807, 2.05) is 25.7 Å². The smallest absolute Gasteiger partial charge is 0.225 e. The second kappa shape index (κ2) is 7.04. The molecule has 0 bridgehead atoms. The Balaban J connectivity index is 1.89. The highest BCUT2D eigenvalue weighted by Crippen LogP contribution is 2.19. The summed E-state index contributed by atoms with van der Waals surface area (Å²) in [6.45, 7) is 9.79. The molecule has 1 amide bonds. The fraction of sp³-hybridized carbons (Fsp3) is 0.733. The van der Waals surface area contributed by atoms with Crippen LogP contribution < -0.4 is 0 Å². The number of hydrogen-bond acceptors (Lipinski definition) is 5. The van der Waals surface area contributed by atoms with Crippen molar-refractivity contribution in [1.29, 1.82) is 0 Å². The molecule has 1 atom stereocenters. The van der Waals surface area contributed by atoms with Crippen LogP contribution in [0.1, 0.15) is 23.9 Å². The van der Waals surface area contributed by atoms with Gasteiger partial charge in [-0.3, -0.25) is 9.69 Å². The van der Waals surface area contributed by atoms with Crippen LogP contribution in [0.3, 0.4) is 0 Å². The van der Waals surface area contributed by atoms with Gasteiger partial charge in [0.05, 0.1) is 12.3 Å². The number of carbonyl (C=O) groups is 1. The maximum atomic E-state index is 12.5. The summed E-state index contributed by atoms with van der Waals surface area (Å²) in [6, 6.07) is 0. The number of piperazine rings is 1. The lowest BCUT2D eigenvalue weighted by molar-refractivity contribution is -0.136. The molecule has 0 aromatic carbocycles. The SMILES string of the molecule is Cc1noc(C)c1CC(C)C(=O)N1CCN(CCO)CC1. The van der Waals surface area contributed by atoms with Gasteiger partial charge in [-0.2, -0.15) is 0 Å². The van der Waals surface area contributed by atoms with E-state index in [1.165, 1.54) is 0 Å². The van der Waals surface area contributed by atoms with Crippen LogP contribution in [0.4, 0.5) is 0 Å². The van der Waals surface area contributed by atoms with Gasteiger partial charge in [-0.1, -0.05) is 12.1 Å². The summed E-state index contributed by atoms with van der Waals surface area (Å²) in [7, 11) is 0. The minimum atomic E-state index is -0.0637. The predicted molar refractivity (Wildman–Crippen MR) is 79.0 cm³/mol. The van der Waals surface area contributed by atoms with Gasteiger partial charge in [-0.05, 0) is 20.3 Å². The van der Waals surface area contributed by atoms with Crippen LogP contribution in [-0.4, -0.2) is 65.3 Å². The maximum absolute atomic E-state index is 12.5. The first-order chi connectivity index (χ1) is 10.0. The zero-order chi connectivity index (χ0) is 15.4. The molecular weight excluding hydrogens is 270 g/mol. The second-order valence-corrected chi connectivity index (χ2v) is 5.80. The van der Waals surface area contributed by atoms with Crippen LogP contribution in [0.2, 0.25) is 0 Å². The lowest BCUT2D eigenvalue weighted by Gasteiger charge is -2.35. The largest absolute Gasteiger partial charge is 0.395 e. The summed E-state index contributed by atoms with van der Waals surface area (Å²) in [6.07, 6.45) is 0.677. The van der Waals surface area contributed by atoms with E-state index in [0.717, 1.165) is 43.2 Å². The van der Waals surface area contributed by atoms with Crippen molar-refractivity contribution in [3.8, 4) is 0 Å². The van der Waals surface area contributed by atoms with Gasteiger partial charge in [0.25, 0.3) is 0 Å². The lowest BCUT2D eigenvalue weighted by Crippen LogP contribution is -2.50. The highest BCUT2D eigenvalue weighted by atomic mass is 16.5. The molecule has 1 aliphatic heterocycles. The number of aromatic nitrogens is 1. The summed E-state index contributed by atoms with van der Waals surface area (Å²) in [5, 5.41) is 12.9. The number of carbonyl (C=O) groups excluding carboxylic acids is 1. The van der Waals surface area contributed by atoms with Crippen LogP contribution in [0.15, 0.2) is 4.52 Å². The van der Waals surface area contributed by atoms with Gasteiger partial charge in [0.15, 0.2) is 0 Å². The van der Waals surface area contributed by atoms with E-state index in [0.29, 0.717) is 13.0 Å². The topological polar surface area (TPSA) is 69.8 Å². The number of amides is 1. The molecule has 1 saturated heterocycles. The van der Waals surface area contributed by atoms with Crippen molar-refractivity contribution >= 4 is 5.91 Å².